The summed E-state index contributed by atoms with van der Waals surface area (Å²) in [7, 11) is 0. The number of anilines is 1. The molecule has 7 heteroatoms. The summed E-state index contributed by atoms with van der Waals surface area (Å²) < 4.78 is 25.4. The summed E-state index contributed by atoms with van der Waals surface area (Å²) in [5, 5.41) is 3.14. The van der Waals surface area contributed by atoms with E-state index < -0.39 is 18.4 Å². The molecule has 0 aliphatic rings. The fourth-order valence-corrected chi connectivity index (χ4v) is 1.49. The van der Waals surface area contributed by atoms with Crippen molar-refractivity contribution < 1.29 is 13.6 Å². The Balaban J connectivity index is 2.26. The van der Waals surface area contributed by atoms with Gasteiger partial charge in [0, 0.05) is 18.5 Å². The number of nitrogens with two attached hydrogens (primary N) is 1. The average Bonchev–Trinajstić information content (AvgIpc) is 2.34. The fraction of sp³-hybridized carbons (Fsp3) is 0.250. The van der Waals surface area contributed by atoms with Crippen LogP contribution in [-0.2, 0) is 0 Å². The number of carbonyl (C=O) groups excluding carboxylic acids is 1. The molecule has 2 rings (SSSR count). The van der Waals surface area contributed by atoms with Crippen LogP contribution in [0, 0.1) is 0 Å². The Morgan fingerprint density at radius 1 is 1.47 bits per heavy atom. The van der Waals surface area contributed by atoms with Gasteiger partial charge >= 0.3 is 0 Å². The molecular formula is C12H12F2N4O. The topological polar surface area (TPSA) is 80.9 Å². The van der Waals surface area contributed by atoms with Crippen molar-refractivity contribution in [2.45, 2.75) is 12.8 Å². The van der Waals surface area contributed by atoms with Crippen LogP contribution in [0.3, 0.4) is 0 Å². The molecule has 0 aliphatic heterocycles. The number of nitrogens with zero attached hydrogens (tertiary/aromatic N) is 2. The Labute approximate surface area is 107 Å². The Hall–Kier alpha value is -2.31. The number of hydrogen-bond acceptors (Lipinski definition) is 4. The minimum Gasteiger partial charge on any atom is -0.366 e. The number of nitrogens with one attached hydrogen (secondary N) is 1. The molecule has 0 aliphatic carbocycles. The predicted molar refractivity (Wildman–Crippen MR) is 67.2 cm³/mol. The molecule has 19 heavy (non-hydrogen) atoms. The highest BCUT2D eigenvalue weighted by Crippen LogP contribution is 2.16. The minimum atomic E-state index is -2.82. The van der Waals surface area contributed by atoms with Crippen molar-refractivity contribution in [3.8, 4) is 0 Å². The van der Waals surface area contributed by atoms with Gasteiger partial charge in [0.2, 0.25) is 5.91 Å². The number of primary amides is 1. The van der Waals surface area contributed by atoms with Crippen LogP contribution < -0.4 is 11.1 Å². The predicted octanol–water partition coefficient (Wildman–Crippen LogP) is 1.80. The summed E-state index contributed by atoms with van der Waals surface area (Å²) in [6.07, 6.45) is 1.30. The Morgan fingerprint density at radius 2 is 2.21 bits per heavy atom. The molecule has 0 saturated heterocycles. The van der Waals surface area contributed by atoms with Gasteiger partial charge in [-0.15, -0.1) is 0 Å². The summed E-state index contributed by atoms with van der Waals surface area (Å²) in [5.41, 5.74) is 5.76. The lowest BCUT2D eigenvalue weighted by atomic mass is 10.2. The smallest absolute Gasteiger partial charge is 0.262 e. The average molecular weight is 266 g/mol. The molecule has 1 amide bonds. The standard InChI is InChI=1S/C12H12F2N4O/c1-12(13,14)6-17-9-3-2-7-4-8(10(15)19)5-16-11(7)18-9/h2-5H,6H2,1H3,(H2,15,19)(H,16,17,18). The van der Waals surface area contributed by atoms with E-state index in [-0.39, 0.29) is 5.56 Å². The van der Waals surface area contributed by atoms with Crippen LogP contribution in [0.2, 0.25) is 0 Å². The lowest BCUT2D eigenvalue weighted by Crippen LogP contribution is -2.23. The molecule has 0 saturated carbocycles. The maximum absolute atomic E-state index is 12.7. The number of carbonyl (C=O) groups is 1. The van der Waals surface area contributed by atoms with Crippen LogP contribution in [-0.4, -0.2) is 28.3 Å². The summed E-state index contributed by atoms with van der Waals surface area (Å²) in [6.45, 7) is 0.309. The van der Waals surface area contributed by atoms with Gasteiger partial charge in [-0.2, -0.15) is 0 Å². The molecule has 2 heterocycles. The van der Waals surface area contributed by atoms with E-state index in [1.807, 2.05) is 0 Å². The largest absolute Gasteiger partial charge is 0.366 e. The van der Waals surface area contributed by atoms with Crippen molar-refractivity contribution in [1.82, 2.24) is 9.97 Å². The van der Waals surface area contributed by atoms with E-state index in [9.17, 15) is 13.6 Å². The van der Waals surface area contributed by atoms with Crippen LogP contribution >= 0.6 is 0 Å². The molecule has 5 nitrogen and oxygen atoms in total. The monoisotopic (exact) mass is 266 g/mol. The zero-order valence-electron chi connectivity index (χ0n) is 10.2. The number of amides is 1. The van der Waals surface area contributed by atoms with Crippen molar-refractivity contribution in [1.29, 1.82) is 0 Å². The third kappa shape index (κ3) is 3.34. The zero-order chi connectivity index (χ0) is 14.0. The summed E-state index contributed by atoms with van der Waals surface area (Å²) >= 11 is 0. The number of pyridine rings is 2. The quantitative estimate of drug-likeness (QED) is 0.884. The third-order valence-corrected chi connectivity index (χ3v) is 2.41. The van der Waals surface area contributed by atoms with E-state index in [1.165, 1.54) is 6.20 Å². The summed E-state index contributed by atoms with van der Waals surface area (Å²) in [6, 6.07) is 4.73. The number of fused-ring (bicyclic) bond motifs is 1. The molecule has 100 valence electrons. The molecule has 0 atom stereocenters. The second-order valence-corrected chi connectivity index (χ2v) is 4.26. The molecule has 3 N–H and O–H groups in total. The van der Waals surface area contributed by atoms with Gasteiger partial charge < -0.3 is 11.1 Å². The first-order chi connectivity index (χ1) is 8.85. The van der Waals surface area contributed by atoms with Crippen molar-refractivity contribution in [2.75, 3.05) is 11.9 Å². The molecular weight excluding hydrogens is 254 g/mol. The first kappa shape index (κ1) is 13.1. The zero-order valence-corrected chi connectivity index (χ0v) is 10.2. The molecule has 0 unspecified atom stereocenters. The molecule has 2 aromatic rings. The molecule has 2 aromatic heterocycles. The van der Waals surface area contributed by atoms with Gasteiger partial charge in [0.05, 0.1) is 12.1 Å². The van der Waals surface area contributed by atoms with E-state index in [4.69, 9.17) is 5.73 Å². The first-order valence-electron chi connectivity index (χ1n) is 5.53. The second kappa shape index (κ2) is 4.75. The lowest BCUT2D eigenvalue weighted by Gasteiger charge is -2.12. The Kier molecular flexibility index (Phi) is 3.28. The first-order valence-corrected chi connectivity index (χ1v) is 5.53. The molecule has 0 aromatic carbocycles. The second-order valence-electron chi connectivity index (χ2n) is 4.26. The van der Waals surface area contributed by atoms with Crippen molar-refractivity contribution >= 4 is 22.8 Å². The molecule has 0 radical (unpaired) electrons. The van der Waals surface area contributed by atoms with Crippen LogP contribution in [0.25, 0.3) is 11.0 Å². The Bertz CT molecular complexity index is 625. The molecule has 0 spiro atoms. The third-order valence-electron chi connectivity index (χ3n) is 2.41. The normalized spacial score (nSPS) is 11.5. The highest BCUT2D eigenvalue weighted by Gasteiger charge is 2.20. The van der Waals surface area contributed by atoms with Gasteiger partial charge in [-0.3, -0.25) is 4.79 Å². The highest BCUT2D eigenvalue weighted by molar-refractivity contribution is 5.95. The van der Waals surface area contributed by atoms with Crippen molar-refractivity contribution in [3.63, 3.8) is 0 Å². The summed E-state index contributed by atoms with van der Waals surface area (Å²) in [4.78, 5) is 19.0. The number of hydrogen-bond donors (Lipinski definition) is 2. The SMILES string of the molecule is CC(F)(F)CNc1ccc2cc(C(N)=O)cnc2n1. The van der Waals surface area contributed by atoms with E-state index in [0.29, 0.717) is 16.9 Å². The minimum absolute atomic E-state index is 0.273. The Morgan fingerprint density at radius 3 is 2.84 bits per heavy atom. The van der Waals surface area contributed by atoms with Gasteiger partial charge in [-0.25, -0.2) is 18.7 Å². The maximum Gasteiger partial charge on any atom is 0.262 e. The van der Waals surface area contributed by atoms with Crippen LogP contribution in [0.5, 0.6) is 0 Å². The number of aromatic nitrogens is 2. The van der Waals surface area contributed by atoms with E-state index in [0.717, 1.165) is 6.92 Å². The van der Waals surface area contributed by atoms with Crippen molar-refractivity contribution in [3.05, 3.63) is 30.0 Å². The highest BCUT2D eigenvalue weighted by atomic mass is 19.3. The number of rotatable bonds is 4. The van der Waals surface area contributed by atoms with E-state index in [1.54, 1.807) is 18.2 Å². The van der Waals surface area contributed by atoms with Gasteiger partial charge in [0.15, 0.2) is 5.65 Å². The van der Waals surface area contributed by atoms with Gasteiger partial charge in [-0.05, 0) is 18.2 Å². The van der Waals surface area contributed by atoms with Crippen LogP contribution in [0.1, 0.15) is 17.3 Å². The molecule has 0 bridgehead atoms. The van der Waals surface area contributed by atoms with Crippen LogP contribution in [0.4, 0.5) is 14.6 Å². The summed E-state index contributed by atoms with van der Waals surface area (Å²) in [5.74, 6) is -3.10. The van der Waals surface area contributed by atoms with Crippen LogP contribution in [0.15, 0.2) is 24.4 Å². The maximum atomic E-state index is 12.7. The fourth-order valence-electron chi connectivity index (χ4n) is 1.49. The van der Waals surface area contributed by atoms with Gasteiger partial charge in [-0.1, -0.05) is 0 Å². The van der Waals surface area contributed by atoms with Gasteiger partial charge in [0.25, 0.3) is 5.92 Å². The van der Waals surface area contributed by atoms with E-state index >= 15 is 0 Å². The lowest BCUT2D eigenvalue weighted by molar-refractivity contribution is 0.0367. The van der Waals surface area contributed by atoms with E-state index in [2.05, 4.69) is 15.3 Å². The number of halogens is 2. The number of alkyl halides is 2. The molecule has 0 fully saturated rings. The van der Waals surface area contributed by atoms with Crippen molar-refractivity contribution in [2.24, 2.45) is 5.73 Å². The van der Waals surface area contributed by atoms with Gasteiger partial charge in [0.1, 0.15) is 5.82 Å².